The van der Waals surface area contributed by atoms with Crippen molar-refractivity contribution in [1.82, 2.24) is 15.0 Å². The molecule has 2 aromatic heterocycles. The highest BCUT2D eigenvalue weighted by Gasteiger charge is 2.35. The molecule has 1 aliphatic heterocycles. The van der Waals surface area contributed by atoms with Crippen molar-refractivity contribution >= 4 is 5.91 Å². The van der Waals surface area contributed by atoms with Gasteiger partial charge in [-0.1, -0.05) is 19.0 Å². The van der Waals surface area contributed by atoms with Gasteiger partial charge in [0.1, 0.15) is 6.26 Å². The summed E-state index contributed by atoms with van der Waals surface area (Å²) in [5, 5.41) is 4.00. The van der Waals surface area contributed by atoms with Crippen LogP contribution in [0.25, 0.3) is 0 Å². The predicted octanol–water partition coefficient (Wildman–Crippen LogP) is 2.13. The fourth-order valence-corrected chi connectivity index (χ4v) is 2.70. The number of carbonyl (C=O) groups is 1. The van der Waals surface area contributed by atoms with Crippen molar-refractivity contribution < 1.29 is 18.5 Å². The van der Waals surface area contributed by atoms with Crippen LogP contribution >= 0.6 is 0 Å². The fraction of sp³-hybridized carbons (Fsp3) is 0.500. The second-order valence-corrected chi connectivity index (χ2v) is 5.98. The molecule has 1 fully saturated rings. The standard InChI is InChI=1S/C16H19N3O5/c1-9(2)15-17-14(18-24-15)10-5-4-6-19(10)16(21)12-7-11(20)13(22-3)8-23-12/h7-10H,4-6H2,1-3H3/t10-/m1/s1. The van der Waals surface area contributed by atoms with E-state index in [-0.39, 0.29) is 29.4 Å². The minimum absolute atomic E-state index is 0.0275. The Hall–Kier alpha value is -2.64. The molecule has 1 amide bonds. The highest BCUT2D eigenvalue weighted by Crippen LogP contribution is 2.32. The minimum Gasteiger partial charge on any atom is -0.490 e. The number of hydrogen-bond acceptors (Lipinski definition) is 7. The van der Waals surface area contributed by atoms with Gasteiger partial charge in [0.25, 0.3) is 5.91 Å². The minimum atomic E-state index is -0.399. The lowest BCUT2D eigenvalue weighted by molar-refractivity contribution is 0.0692. The van der Waals surface area contributed by atoms with Crippen LogP contribution in [0.3, 0.4) is 0 Å². The van der Waals surface area contributed by atoms with Crippen molar-refractivity contribution in [3.63, 3.8) is 0 Å². The monoisotopic (exact) mass is 333 g/mol. The largest absolute Gasteiger partial charge is 0.490 e. The summed E-state index contributed by atoms with van der Waals surface area (Å²) in [7, 11) is 1.37. The van der Waals surface area contributed by atoms with Crippen LogP contribution in [0.5, 0.6) is 5.75 Å². The highest BCUT2D eigenvalue weighted by molar-refractivity contribution is 5.91. The average Bonchev–Trinajstić information content (AvgIpc) is 3.22. The van der Waals surface area contributed by atoms with E-state index in [1.165, 1.54) is 7.11 Å². The van der Waals surface area contributed by atoms with E-state index in [1.807, 2.05) is 13.8 Å². The molecular formula is C16H19N3O5. The van der Waals surface area contributed by atoms with Gasteiger partial charge in [-0.25, -0.2) is 0 Å². The molecule has 3 rings (SSSR count). The summed E-state index contributed by atoms with van der Waals surface area (Å²) in [4.78, 5) is 30.5. The molecule has 8 nitrogen and oxygen atoms in total. The van der Waals surface area contributed by atoms with Gasteiger partial charge in [0.15, 0.2) is 11.6 Å². The molecule has 8 heteroatoms. The molecule has 0 aromatic carbocycles. The van der Waals surface area contributed by atoms with Crippen LogP contribution in [0.2, 0.25) is 0 Å². The first-order valence-electron chi connectivity index (χ1n) is 7.82. The number of hydrogen-bond donors (Lipinski definition) is 0. The summed E-state index contributed by atoms with van der Waals surface area (Å²) in [6.45, 7) is 4.46. The van der Waals surface area contributed by atoms with Crippen molar-refractivity contribution in [3.8, 4) is 5.75 Å². The number of methoxy groups -OCH3 is 1. The van der Waals surface area contributed by atoms with Gasteiger partial charge in [0.2, 0.25) is 17.1 Å². The Kier molecular flexibility index (Phi) is 4.37. The maximum atomic E-state index is 12.7. The Morgan fingerprint density at radius 2 is 2.25 bits per heavy atom. The van der Waals surface area contributed by atoms with Crippen molar-refractivity contribution in [3.05, 3.63) is 40.0 Å². The summed E-state index contributed by atoms with van der Waals surface area (Å²) in [6.07, 6.45) is 2.71. The van der Waals surface area contributed by atoms with Crippen LogP contribution in [0, 0.1) is 0 Å². The number of aromatic nitrogens is 2. The molecule has 128 valence electrons. The number of likely N-dealkylation sites (tertiary alicyclic amines) is 1. The molecule has 24 heavy (non-hydrogen) atoms. The lowest BCUT2D eigenvalue weighted by atomic mass is 10.2. The van der Waals surface area contributed by atoms with Gasteiger partial charge < -0.3 is 18.6 Å². The van der Waals surface area contributed by atoms with Crippen LogP contribution in [0.15, 0.2) is 26.1 Å². The summed E-state index contributed by atoms with van der Waals surface area (Å²) >= 11 is 0. The summed E-state index contributed by atoms with van der Waals surface area (Å²) in [5.41, 5.74) is -0.399. The zero-order valence-corrected chi connectivity index (χ0v) is 13.8. The predicted molar refractivity (Wildman–Crippen MR) is 82.9 cm³/mol. The Morgan fingerprint density at radius 3 is 2.88 bits per heavy atom. The zero-order chi connectivity index (χ0) is 17.3. The molecule has 2 aromatic rings. The smallest absolute Gasteiger partial charge is 0.290 e. The van der Waals surface area contributed by atoms with Gasteiger partial charge in [0, 0.05) is 18.5 Å². The molecule has 0 unspecified atom stereocenters. The molecule has 1 saturated heterocycles. The van der Waals surface area contributed by atoms with Crippen LogP contribution < -0.4 is 10.2 Å². The number of ether oxygens (including phenoxy) is 1. The van der Waals surface area contributed by atoms with Crippen molar-refractivity contribution in [2.24, 2.45) is 0 Å². The quantitative estimate of drug-likeness (QED) is 0.845. The van der Waals surface area contributed by atoms with E-state index in [9.17, 15) is 9.59 Å². The maximum absolute atomic E-state index is 12.7. The molecule has 0 N–H and O–H groups in total. The van der Waals surface area contributed by atoms with Crippen LogP contribution in [-0.4, -0.2) is 34.6 Å². The molecule has 3 heterocycles. The molecule has 1 atom stereocenters. The lowest BCUT2D eigenvalue weighted by Gasteiger charge is -2.21. The van der Waals surface area contributed by atoms with Crippen LogP contribution in [-0.2, 0) is 0 Å². The fourth-order valence-electron chi connectivity index (χ4n) is 2.70. The first-order chi connectivity index (χ1) is 11.5. The SMILES string of the molecule is COc1coc(C(=O)N2CCC[C@@H]2c2noc(C(C)C)n2)cc1=O. The maximum Gasteiger partial charge on any atom is 0.290 e. The average molecular weight is 333 g/mol. The normalized spacial score (nSPS) is 17.5. The van der Waals surface area contributed by atoms with E-state index >= 15 is 0 Å². The third-order valence-corrected chi connectivity index (χ3v) is 3.99. The summed E-state index contributed by atoms with van der Waals surface area (Å²) in [5.74, 6) is 0.815. The second-order valence-electron chi connectivity index (χ2n) is 5.98. The van der Waals surface area contributed by atoms with E-state index in [4.69, 9.17) is 13.7 Å². The number of rotatable bonds is 4. The molecule has 0 bridgehead atoms. The first-order valence-corrected chi connectivity index (χ1v) is 7.82. The lowest BCUT2D eigenvalue weighted by Crippen LogP contribution is -2.31. The van der Waals surface area contributed by atoms with E-state index in [1.54, 1.807) is 4.90 Å². The second kappa shape index (κ2) is 6.46. The van der Waals surface area contributed by atoms with E-state index < -0.39 is 5.43 Å². The zero-order valence-electron chi connectivity index (χ0n) is 13.8. The van der Waals surface area contributed by atoms with Gasteiger partial charge >= 0.3 is 0 Å². The molecule has 0 radical (unpaired) electrons. The third kappa shape index (κ3) is 2.91. The van der Waals surface area contributed by atoms with Crippen molar-refractivity contribution in [2.75, 3.05) is 13.7 Å². The summed E-state index contributed by atoms with van der Waals surface area (Å²) < 4.78 is 15.3. The third-order valence-electron chi connectivity index (χ3n) is 3.99. The molecular weight excluding hydrogens is 314 g/mol. The Balaban J connectivity index is 1.85. The number of amides is 1. The van der Waals surface area contributed by atoms with Crippen molar-refractivity contribution in [2.45, 2.75) is 38.6 Å². The van der Waals surface area contributed by atoms with E-state index in [0.717, 1.165) is 25.2 Å². The Labute approximate surface area is 138 Å². The molecule has 0 saturated carbocycles. The molecule has 0 spiro atoms. The van der Waals surface area contributed by atoms with Gasteiger partial charge in [-0.3, -0.25) is 9.59 Å². The van der Waals surface area contributed by atoms with Gasteiger partial charge in [-0.05, 0) is 12.8 Å². The van der Waals surface area contributed by atoms with Crippen LogP contribution in [0.4, 0.5) is 0 Å². The van der Waals surface area contributed by atoms with Crippen LogP contribution in [0.1, 0.15) is 60.9 Å². The first kappa shape index (κ1) is 16.2. The topological polar surface area (TPSA) is 98.7 Å². The Bertz CT molecular complexity index is 795. The number of nitrogens with zero attached hydrogens (tertiary/aromatic N) is 3. The highest BCUT2D eigenvalue weighted by atomic mass is 16.5. The van der Waals surface area contributed by atoms with Gasteiger partial charge in [0.05, 0.1) is 13.2 Å². The summed E-state index contributed by atoms with van der Waals surface area (Å²) in [6, 6.07) is 0.868. The molecule has 1 aliphatic rings. The van der Waals surface area contributed by atoms with E-state index in [0.29, 0.717) is 18.3 Å². The van der Waals surface area contributed by atoms with Gasteiger partial charge in [-0.2, -0.15) is 4.98 Å². The molecule has 0 aliphatic carbocycles. The van der Waals surface area contributed by atoms with E-state index in [2.05, 4.69) is 10.1 Å². The Morgan fingerprint density at radius 1 is 1.46 bits per heavy atom. The van der Waals surface area contributed by atoms with Crippen molar-refractivity contribution in [1.29, 1.82) is 0 Å². The van der Waals surface area contributed by atoms with Gasteiger partial charge in [-0.15, -0.1) is 0 Å². The number of carbonyl (C=O) groups excluding carboxylic acids is 1.